The molecule has 2 aliphatic heterocycles. The number of sulfonamides is 1. The Hall–Kier alpha value is -1.93. The van der Waals surface area contributed by atoms with Gasteiger partial charge in [0.2, 0.25) is 10.0 Å². The van der Waals surface area contributed by atoms with Gasteiger partial charge in [0.05, 0.1) is 11.5 Å². The molecule has 28 heavy (non-hydrogen) atoms. The minimum absolute atomic E-state index is 0.0815. The fourth-order valence-electron chi connectivity index (χ4n) is 3.88. The van der Waals surface area contributed by atoms with Crippen LogP contribution in [-0.2, 0) is 14.8 Å². The molecule has 0 aromatic heterocycles. The Bertz CT molecular complexity index is 955. The standard InChI is InChI=1S/C20H21ClN2O4S/c21-17-8-6-16(7-9-17)19(24)22-12-10-20(11-13-22)23(14-15-27-20)28(25,26)18-4-2-1-3-5-18/h1-9H,10-15H2. The summed E-state index contributed by atoms with van der Waals surface area (Å²) < 4.78 is 33.7. The highest BCUT2D eigenvalue weighted by Crippen LogP contribution is 2.38. The maximum absolute atomic E-state index is 13.1. The van der Waals surface area contributed by atoms with Crippen LogP contribution in [0.25, 0.3) is 0 Å². The Morgan fingerprint density at radius 3 is 2.25 bits per heavy atom. The quantitative estimate of drug-likeness (QED) is 0.765. The second-order valence-corrected chi connectivity index (χ2v) is 9.28. The van der Waals surface area contributed by atoms with Crippen molar-refractivity contribution in [1.29, 1.82) is 0 Å². The molecule has 2 heterocycles. The molecule has 2 fully saturated rings. The first kappa shape index (κ1) is 19.4. The van der Waals surface area contributed by atoms with E-state index in [4.69, 9.17) is 16.3 Å². The molecule has 2 aliphatic rings. The van der Waals surface area contributed by atoms with E-state index in [1.165, 1.54) is 4.31 Å². The first-order valence-electron chi connectivity index (χ1n) is 9.19. The molecule has 2 saturated heterocycles. The van der Waals surface area contributed by atoms with Crippen LogP contribution < -0.4 is 0 Å². The van der Waals surface area contributed by atoms with Gasteiger partial charge in [0.15, 0.2) is 0 Å². The van der Waals surface area contributed by atoms with E-state index in [2.05, 4.69) is 0 Å². The van der Waals surface area contributed by atoms with Gasteiger partial charge in [0.25, 0.3) is 5.91 Å². The lowest BCUT2D eigenvalue weighted by Crippen LogP contribution is -2.55. The number of piperidine rings is 1. The third-order valence-electron chi connectivity index (χ3n) is 5.37. The van der Waals surface area contributed by atoms with Crippen molar-refractivity contribution in [2.45, 2.75) is 23.5 Å². The number of amides is 1. The van der Waals surface area contributed by atoms with Crippen molar-refractivity contribution in [1.82, 2.24) is 9.21 Å². The minimum atomic E-state index is -3.65. The summed E-state index contributed by atoms with van der Waals surface area (Å²) in [6.07, 6.45) is 0.886. The Labute approximate surface area is 169 Å². The number of halogens is 1. The molecule has 6 nitrogen and oxygen atoms in total. The van der Waals surface area contributed by atoms with Crippen molar-refractivity contribution in [2.24, 2.45) is 0 Å². The lowest BCUT2D eigenvalue weighted by Gasteiger charge is -2.42. The molecule has 0 unspecified atom stereocenters. The number of ether oxygens (including phenoxy) is 1. The monoisotopic (exact) mass is 420 g/mol. The van der Waals surface area contributed by atoms with Gasteiger partial charge >= 0.3 is 0 Å². The van der Waals surface area contributed by atoms with Gasteiger partial charge in [-0.25, -0.2) is 8.42 Å². The first-order valence-corrected chi connectivity index (χ1v) is 11.0. The van der Waals surface area contributed by atoms with Crippen LogP contribution in [0, 0.1) is 0 Å². The van der Waals surface area contributed by atoms with Gasteiger partial charge in [0, 0.05) is 43.1 Å². The van der Waals surface area contributed by atoms with Crippen molar-refractivity contribution in [2.75, 3.05) is 26.2 Å². The predicted molar refractivity (Wildman–Crippen MR) is 106 cm³/mol. The van der Waals surface area contributed by atoms with Gasteiger partial charge in [-0.15, -0.1) is 0 Å². The van der Waals surface area contributed by atoms with Crippen molar-refractivity contribution in [3.63, 3.8) is 0 Å². The third kappa shape index (κ3) is 3.43. The fourth-order valence-corrected chi connectivity index (χ4v) is 5.75. The van der Waals surface area contributed by atoms with Gasteiger partial charge in [-0.2, -0.15) is 4.31 Å². The number of benzene rings is 2. The number of nitrogens with zero attached hydrogens (tertiary/aromatic N) is 2. The summed E-state index contributed by atoms with van der Waals surface area (Å²) in [5.41, 5.74) is -0.313. The van der Waals surface area contributed by atoms with Crippen LogP contribution in [0.1, 0.15) is 23.2 Å². The number of carbonyl (C=O) groups excluding carboxylic acids is 1. The van der Waals surface area contributed by atoms with Crippen molar-refractivity contribution in [3.8, 4) is 0 Å². The topological polar surface area (TPSA) is 66.9 Å². The lowest BCUT2D eigenvalue weighted by atomic mass is 10.00. The SMILES string of the molecule is O=C(c1ccc(Cl)cc1)N1CCC2(CC1)OCCN2S(=O)(=O)c1ccccc1. The molecule has 0 N–H and O–H groups in total. The van der Waals surface area contributed by atoms with Crippen LogP contribution in [0.3, 0.4) is 0 Å². The van der Waals surface area contributed by atoms with Gasteiger partial charge in [-0.05, 0) is 36.4 Å². The molecular weight excluding hydrogens is 400 g/mol. The molecule has 4 rings (SSSR count). The van der Waals surface area contributed by atoms with E-state index >= 15 is 0 Å². The molecule has 1 spiro atoms. The molecule has 2 aromatic carbocycles. The Balaban J connectivity index is 1.51. The number of rotatable bonds is 3. The zero-order valence-corrected chi connectivity index (χ0v) is 16.8. The maximum atomic E-state index is 13.1. The van der Waals surface area contributed by atoms with E-state index in [1.54, 1.807) is 59.5 Å². The van der Waals surface area contributed by atoms with E-state index in [0.717, 1.165) is 0 Å². The number of hydrogen-bond donors (Lipinski definition) is 0. The van der Waals surface area contributed by atoms with Crippen LogP contribution >= 0.6 is 11.6 Å². The fraction of sp³-hybridized carbons (Fsp3) is 0.350. The number of hydrogen-bond acceptors (Lipinski definition) is 4. The molecule has 1 amide bonds. The average Bonchev–Trinajstić information content (AvgIpc) is 3.13. The Morgan fingerprint density at radius 2 is 1.61 bits per heavy atom. The summed E-state index contributed by atoms with van der Waals surface area (Å²) in [4.78, 5) is 14.7. The molecule has 0 atom stereocenters. The number of likely N-dealkylation sites (tertiary alicyclic amines) is 1. The largest absolute Gasteiger partial charge is 0.358 e. The smallest absolute Gasteiger partial charge is 0.253 e. The summed E-state index contributed by atoms with van der Waals surface area (Å²) in [5.74, 6) is -0.0815. The highest BCUT2D eigenvalue weighted by atomic mass is 35.5. The summed E-state index contributed by atoms with van der Waals surface area (Å²) in [5, 5.41) is 0.579. The summed E-state index contributed by atoms with van der Waals surface area (Å²) in [6, 6.07) is 15.2. The van der Waals surface area contributed by atoms with Crippen LogP contribution in [0.15, 0.2) is 59.5 Å². The first-order chi connectivity index (χ1) is 13.4. The van der Waals surface area contributed by atoms with E-state index < -0.39 is 15.7 Å². The average molecular weight is 421 g/mol. The van der Waals surface area contributed by atoms with E-state index in [9.17, 15) is 13.2 Å². The van der Waals surface area contributed by atoms with Crippen LogP contribution in [-0.4, -0.2) is 55.5 Å². The zero-order chi connectivity index (χ0) is 19.8. The van der Waals surface area contributed by atoms with Crippen molar-refractivity contribution in [3.05, 3.63) is 65.2 Å². The van der Waals surface area contributed by atoms with Crippen molar-refractivity contribution < 1.29 is 17.9 Å². The van der Waals surface area contributed by atoms with Crippen molar-refractivity contribution >= 4 is 27.5 Å². The zero-order valence-electron chi connectivity index (χ0n) is 15.3. The van der Waals surface area contributed by atoms with Gasteiger partial charge < -0.3 is 9.64 Å². The normalized spacial score (nSPS) is 19.8. The highest BCUT2D eigenvalue weighted by Gasteiger charge is 2.50. The third-order valence-corrected chi connectivity index (χ3v) is 7.59. The van der Waals surface area contributed by atoms with Gasteiger partial charge in [-0.3, -0.25) is 4.79 Å². The second kappa shape index (κ2) is 7.48. The summed E-state index contributed by atoms with van der Waals surface area (Å²) in [6.45, 7) is 1.55. The predicted octanol–water partition coefficient (Wildman–Crippen LogP) is 2.99. The lowest BCUT2D eigenvalue weighted by molar-refractivity contribution is -0.0857. The molecule has 0 radical (unpaired) electrons. The molecule has 0 saturated carbocycles. The van der Waals surface area contributed by atoms with Crippen LogP contribution in [0.5, 0.6) is 0 Å². The minimum Gasteiger partial charge on any atom is -0.358 e. The number of carbonyl (C=O) groups is 1. The summed E-state index contributed by atoms with van der Waals surface area (Å²) >= 11 is 5.89. The van der Waals surface area contributed by atoms with E-state index in [0.29, 0.717) is 49.7 Å². The molecule has 0 aliphatic carbocycles. The second-order valence-electron chi connectivity index (χ2n) is 6.98. The maximum Gasteiger partial charge on any atom is 0.253 e. The summed E-state index contributed by atoms with van der Waals surface area (Å²) in [7, 11) is -3.65. The van der Waals surface area contributed by atoms with Gasteiger partial charge in [0.1, 0.15) is 5.72 Å². The molecule has 2 aromatic rings. The molecule has 148 valence electrons. The molecule has 8 heteroatoms. The van der Waals surface area contributed by atoms with E-state index in [1.807, 2.05) is 0 Å². The van der Waals surface area contributed by atoms with E-state index in [-0.39, 0.29) is 10.8 Å². The molecule has 0 bridgehead atoms. The van der Waals surface area contributed by atoms with Crippen LogP contribution in [0.4, 0.5) is 0 Å². The van der Waals surface area contributed by atoms with Crippen LogP contribution in [0.2, 0.25) is 5.02 Å². The van der Waals surface area contributed by atoms with Gasteiger partial charge in [-0.1, -0.05) is 29.8 Å². The molecular formula is C20H21ClN2O4S. The Kier molecular flexibility index (Phi) is 5.18. The highest BCUT2D eigenvalue weighted by molar-refractivity contribution is 7.89. The Morgan fingerprint density at radius 1 is 0.964 bits per heavy atom.